The molecule has 0 aliphatic heterocycles. The van der Waals surface area contributed by atoms with E-state index in [2.05, 4.69) is 20.8 Å². The van der Waals surface area contributed by atoms with Gasteiger partial charge >= 0.3 is 0 Å². The summed E-state index contributed by atoms with van der Waals surface area (Å²) >= 11 is 0. The molecule has 0 aromatic heterocycles. The maximum atomic E-state index is 10.3. The first-order valence-electron chi connectivity index (χ1n) is 11.2. The Morgan fingerprint density at radius 1 is 0.920 bits per heavy atom. The molecule has 9 atom stereocenters. The van der Waals surface area contributed by atoms with E-state index in [1.165, 1.54) is 44.9 Å². The largest absolute Gasteiger partial charge is 0.393 e. The summed E-state index contributed by atoms with van der Waals surface area (Å²) in [6.45, 7) is 7.28. The summed E-state index contributed by atoms with van der Waals surface area (Å²) < 4.78 is 0. The van der Waals surface area contributed by atoms with Crippen LogP contribution in [-0.2, 0) is 0 Å². The first kappa shape index (κ1) is 18.3. The molecular formula is C23H40O2. The first-order chi connectivity index (χ1) is 11.9. The smallest absolute Gasteiger partial charge is 0.0543 e. The summed E-state index contributed by atoms with van der Waals surface area (Å²) in [6, 6.07) is 0. The third-order valence-corrected chi connectivity index (χ3v) is 9.86. The van der Waals surface area contributed by atoms with E-state index in [0.29, 0.717) is 10.8 Å². The van der Waals surface area contributed by atoms with E-state index in [4.69, 9.17) is 0 Å². The minimum absolute atomic E-state index is 0.0325. The second kappa shape index (κ2) is 6.51. The molecule has 2 heteroatoms. The van der Waals surface area contributed by atoms with Gasteiger partial charge in [-0.2, -0.15) is 0 Å². The standard InChI is InChI=1S/C23H40O2/c1-4-17(24)13-16-6-8-20-19-7-5-15-14-18(25)9-11-22(15,2)21(19)10-12-23(16,20)3/h15-21,24-25H,4-14H2,1-3H3/t15?,16-,17+,18?,19?,20?,21?,22?,23?/m1/s1. The minimum atomic E-state index is -0.0913. The van der Waals surface area contributed by atoms with E-state index in [1.54, 1.807) is 0 Å². The fourth-order valence-corrected chi connectivity index (χ4v) is 8.23. The normalized spacial score (nSPS) is 53.6. The highest BCUT2D eigenvalue weighted by Crippen LogP contribution is 2.67. The van der Waals surface area contributed by atoms with Crippen molar-refractivity contribution in [3.8, 4) is 0 Å². The van der Waals surface area contributed by atoms with Crippen LogP contribution < -0.4 is 0 Å². The highest BCUT2D eigenvalue weighted by Gasteiger charge is 2.59. The monoisotopic (exact) mass is 348 g/mol. The molecule has 4 aliphatic carbocycles. The molecule has 25 heavy (non-hydrogen) atoms. The van der Waals surface area contributed by atoms with Crippen LogP contribution in [0.15, 0.2) is 0 Å². The average molecular weight is 349 g/mol. The molecule has 4 aliphatic rings. The third kappa shape index (κ3) is 2.81. The fraction of sp³-hybridized carbons (Fsp3) is 1.00. The lowest BCUT2D eigenvalue weighted by molar-refractivity contribution is -0.128. The Kier molecular flexibility index (Phi) is 4.77. The Morgan fingerprint density at radius 3 is 2.40 bits per heavy atom. The van der Waals surface area contributed by atoms with E-state index in [-0.39, 0.29) is 12.2 Å². The van der Waals surface area contributed by atoms with Crippen molar-refractivity contribution in [3.63, 3.8) is 0 Å². The molecule has 0 spiro atoms. The molecule has 2 N–H and O–H groups in total. The molecule has 0 radical (unpaired) electrons. The van der Waals surface area contributed by atoms with Crippen LogP contribution in [0.1, 0.15) is 91.4 Å². The second-order valence-corrected chi connectivity index (χ2v) is 10.7. The van der Waals surface area contributed by atoms with Gasteiger partial charge in [0.2, 0.25) is 0 Å². The lowest BCUT2D eigenvalue weighted by atomic mass is 9.44. The predicted octanol–water partition coefficient (Wildman–Crippen LogP) is 5.17. The average Bonchev–Trinajstić information content (AvgIpc) is 2.92. The number of aliphatic hydroxyl groups is 2. The van der Waals surface area contributed by atoms with Gasteiger partial charge in [0.25, 0.3) is 0 Å². The topological polar surface area (TPSA) is 40.5 Å². The van der Waals surface area contributed by atoms with Crippen LogP contribution in [-0.4, -0.2) is 22.4 Å². The number of hydrogen-bond donors (Lipinski definition) is 2. The van der Waals surface area contributed by atoms with Crippen molar-refractivity contribution in [1.29, 1.82) is 0 Å². The zero-order valence-electron chi connectivity index (χ0n) is 16.7. The summed E-state index contributed by atoms with van der Waals surface area (Å²) in [5.74, 6) is 4.21. The SMILES string of the molecule is CC[C@H](O)C[C@H]1CCC2C3CCC4CC(O)CCC4(C)C3CCC21C. The Hall–Kier alpha value is -0.0800. The highest BCUT2D eigenvalue weighted by atomic mass is 16.3. The van der Waals surface area contributed by atoms with E-state index in [9.17, 15) is 10.2 Å². The molecular weight excluding hydrogens is 308 g/mol. The van der Waals surface area contributed by atoms with E-state index in [1.807, 2.05) is 0 Å². The van der Waals surface area contributed by atoms with Crippen LogP contribution in [0.2, 0.25) is 0 Å². The van der Waals surface area contributed by atoms with Gasteiger partial charge in [-0.3, -0.25) is 0 Å². The van der Waals surface area contributed by atoms with Gasteiger partial charge in [0.05, 0.1) is 12.2 Å². The summed E-state index contributed by atoms with van der Waals surface area (Å²) in [7, 11) is 0. The molecule has 0 bridgehead atoms. The second-order valence-electron chi connectivity index (χ2n) is 10.7. The Morgan fingerprint density at radius 2 is 1.64 bits per heavy atom. The minimum Gasteiger partial charge on any atom is -0.393 e. The summed E-state index contributed by atoms with van der Waals surface area (Å²) in [6.07, 6.45) is 13.5. The Balaban J connectivity index is 1.54. The van der Waals surface area contributed by atoms with E-state index < -0.39 is 0 Å². The van der Waals surface area contributed by atoms with Gasteiger partial charge in [0, 0.05) is 0 Å². The van der Waals surface area contributed by atoms with Gasteiger partial charge in [-0.05, 0) is 111 Å². The van der Waals surface area contributed by atoms with E-state index >= 15 is 0 Å². The summed E-state index contributed by atoms with van der Waals surface area (Å²) in [4.78, 5) is 0. The van der Waals surface area contributed by atoms with Crippen molar-refractivity contribution < 1.29 is 10.2 Å². The highest BCUT2D eigenvalue weighted by molar-refractivity contribution is 5.09. The van der Waals surface area contributed by atoms with Gasteiger partial charge in [0.1, 0.15) is 0 Å². The maximum Gasteiger partial charge on any atom is 0.0543 e. The van der Waals surface area contributed by atoms with Crippen LogP contribution in [0, 0.1) is 40.4 Å². The van der Waals surface area contributed by atoms with Crippen LogP contribution in [0.25, 0.3) is 0 Å². The maximum absolute atomic E-state index is 10.3. The summed E-state index contributed by atoms with van der Waals surface area (Å²) in [5.41, 5.74) is 0.971. The lowest BCUT2D eigenvalue weighted by Gasteiger charge is -2.61. The molecule has 0 saturated heterocycles. The lowest BCUT2D eigenvalue weighted by Crippen LogP contribution is -2.54. The quantitative estimate of drug-likeness (QED) is 0.739. The number of rotatable bonds is 3. The molecule has 0 aromatic carbocycles. The first-order valence-corrected chi connectivity index (χ1v) is 11.2. The molecule has 0 aromatic rings. The van der Waals surface area contributed by atoms with Gasteiger partial charge < -0.3 is 10.2 Å². The zero-order valence-corrected chi connectivity index (χ0v) is 16.7. The number of aliphatic hydroxyl groups excluding tert-OH is 2. The molecule has 4 rings (SSSR count). The fourth-order valence-electron chi connectivity index (χ4n) is 8.23. The Labute approximate surface area is 154 Å². The van der Waals surface area contributed by atoms with Crippen LogP contribution in [0.3, 0.4) is 0 Å². The van der Waals surface area contributed by atoms with Gasteiger partial charge in [-0.25, -0.2) is 0 Å². The van der Waals surface area contributed by atoms with Crippen molar-refractivity contribution in [3.05, 3.63) is 0 Å². The number of hydrogen-bond acceptors (Lipinski definition) is 2. The van der Waals surface area contributed by atoms with Crippen molar-refractivity contribution in [2.75, 3.05) is 0 Å². The van der Waals surface area contributed by atoms with Crippen molar-refractivity contribution >= 4 is 0 Å². The zero-order chi connectivity index (χ0) is 17.8. The molecule has 4 fully saturated rings. The molecule has 2 nitrogen and oxygen atoms in total. The molecule has 0 heterocycles. The van der Waals surface area contributed by atoms with Crippen LogP contribution >= 0.6 is 0 Å². The van der Waals surface area contributed by atoms with Crippen LogP contribution in [0.5, 0.6) is 0 Å². The number of fused-ring (bicyclic) bond motifs is 5. The van der Waals surface area contributed by atoms with Crippen molar-refractivity contribution in [1.82, 2.24) is 0 Å². The van der Waals surface area contributed by atoms with Gasteiger partial charge in [-0.15, -0.1) is 0 Å². The van der Waals surface area contributed by atoms with E-state index in [0.717, 1.165) is 55.3 Å². The van der Waals surface area contributed by atoms with Crippen LogP contribution in [0.4, 0.5) is 0 Å². The molecule has 4 saturated carbocycles. The molecule has 144 valence electrons. The van der Waals surface area contributed by atoms with Crippen molar-refractivity contribution in [2.24, 2.45) is 40.4 Å². The van der Waals surface area contributed by atoms with Crippen molar-refractivity contribution in [2.45, 2.75) is 104 Å². The summed E-state index contributed by atoms with van der Waals surface area (Å²) in [5, 5.41) is 20.4. The predicted molar refractivity (Wildman–Crippen MR) is 102 cm³/mol. The molecule has 7 unspecified atom stereocenters. The third-order valence-electron chi connectivity index (χ3n) is 9.86. The Bertz CT molecular complexity index is 490. The molecule has 0 amide bonds. The van der Waals surface area contributed by atoms with Gasteiger partial charge in [-0.1, -0.05) is 20.8 Å². The van der Waals surface area contributed by atoms with Gasteiger partial charge in [0.15, 0.2) is 0 Å².